The Morgan fingerprint density at radius 2 is 2.38 bits per heavy atom. The molecule has 1 aromatic heterocycles. The number of rotatable bonds is 5. The van der Waals surface area contributed by atoms with Gasteiger partial charge in [-0.3, -0.25) is 0 Å². The second-order valence-electron chi connectivity index (χ2n) is 3.20. The highest BCUT2D eigenvalue weighted by Crippen LogP contribution is 2.31. The standard InChI is InChI=1S/C11H12BrNOS2/c1-14-8-3-4-10-9(7-8)13-11(16-10)15-6-2-5-12/h3-4,7H,2,5-6H2,1H3. The van der Waals surface area contributed by atoms with Crippen LogP contribution in [0, 0.1) is 0 Å². The fourth-order valence-electron chi connectivity index (χ4n) is 1.29. The molecule has 0 fully saturated rings. The van der Waals surface area contributed by atoms with Gasteiger partial charge in [0.2, 0.25) is 0 Å². The van der Waals surface area contributed by atoms with Crippen LogP contribution in [0.4, 0.5) is 0 Å². The van der Waals surface area contributed by atoms with E-state index in [1.807, 2.05) is 23.9 Å². The maximum atomic E-state index is 5.18. The summed E-state index contributed by atoms with van der Waals surface area (Å²) in [6.07, 6.45) is 1.17. The fraction of sp³-hybridized carbons (Fsp3) is 0.364. The molecule has 0 bridgehead atoms. The van der Waals surface area contributed by atoms with Crippen molar-refractivity contribution in [2.45, 2.75) is 10.8 Å². The molecule has 2 rings (SSSR count). The van der Waals surface area contributed by atoms with Crippen molar-refractivity contribution in [2.24, 2.45) is 0 Å². The van der Waals surface area contributed by atoms with Crippen molar-refractivity contribution >= 4 is 49.2 Å². The van der Waals surface area contributed by atoms with Crippen LogP contribution >= 0.6 is 39.0 Å². The van der Waals surface area contributed by atoms with E-state index in [0.29, 0.717) is 0 Å². The van der Waals surface area contributed by atoms with E-state index < -0.39 is 0 Å². The number of ether oxygens (including phenoxy) is 1. The third-order valence-electron chi connectivity index (χ3n) is 2.08. The van der Waals surface area contributed by atoms with Gasteiger partial charge in [0, 0.05) is 17.1 Å². The predicted octanol–water partition coefficient (Wildman–Crippen LogP) is 4.18. The number of thiazole rings is 1. The minimum absolute atomic E-state index is 0.870. The van der Waals surface area contributed by atoms with Gasteiger partial charge in [0.25, 0.3) is 0 Å². The highest BCUT2D eigenvalue weighted by Gasteiger charge is 2.05. The van der Waals surface area contributed by atoms with Crippen LogP contribution < -0.4 is 4.74 Å². The Kier molecular flexibility index (Phi) is 4.49. The Labute approximate surface area is 112 Å². The number of methoxy groups -OCH3 is 1. The molecule has 0 aliphatic heterocycles. The van der Waals surface area contributed by atoms with E-state index in [9.17, 15) is 0 Å². The van der Waals surface area contributed by atoms with Gasteiger partial charge in [-0.25, -0.2) is 4.98 Å². The third-order valence-corrected chi connectivity index (χ3v) is 4.90. The average Bonchev–Trinajstić information content (AvgIpc) is 2.70. The molecule has 0 N–H and O–H groups in total. The summed E-state index contributed by atoms with van der Waals surface area (Å²) in [4.78, 5) is 4.58. The van der Waals surface area contributed by atoms with E-state index in [1.165, 1.54) is 11.1 Å². The third kappa shape index (κ3) is 2.90. The highest BCUT2D eigenvalue weighted by atomic mass is 79.9. The van der Waals surface area contributed by atoms with Crippen LogP contribution in [0.5, 0.6) is 5.75 Å². The van der Waals surface area contributed by atoms with Crippen molar-refractivity contribution < 1.29 is 4.74 Å². The monoisotopic (exact) mass is 317 g/mol. The van der Waals surface area contributed by atoms with E-state index in [2.05, 4.69) is 27.0 Å². The molecule has 0 radical (unpaired) electrons. The van der Waals surface area contributed by atoms with Gasteiger partial charge in [-0.1, -0.05) is 27.7 Å². The van der Waals surface area contributed by atoms with Gasteiger partial charge in [-0.05, 0) is 18.6 Å². The van der Waals surface area contributed by atoms with Gasteiger partial charge < -0.3 is 4.74 Å². The van der Waals surface area contributed by atoms with Crippen molar-refractivity contribution in [2.75, 3.05) is 18.2 Å². The molecule has 0 saturated carbocycles. The second kappa shape index (κ2) is 5.89. The SMILES string of the molecule is COc1ccc2sc(SCCCBr)nc2c1. The van der Waals surface area contributed by atoms with E-state index in [-0.39, 0.29) is 0 Å². The zero-order chi connectivity index (χ0) is 11.4. The number of aromatic nitrogens is 1. The average molecular weight is 318 g/mol. The lowest BCUT2D eigenvalue weighted by Crippen LogP contribution is -1.81. The summed E-state index contributed by atoms with van der Waals surface area (Å²) in [6, 6.07) is 6.04. The molecule has 5 heteroatoms. The van der Waals surface area contributed by atoms with Gasteiger partial charge in [0.1, 0.15) is 5.75 Å². The molecule has 0 amide bonds. The molecule has 1 aromatic carbocycles. The van der Waals surface area contributed by atoms with Gasteiger partial charge in [0.15, 0.2) is 4.34 Å². The Bertz CT molecular complexity index is 472. The van der Waals surface area contributed by atoms with E-state index in [1.54, 1.807) is 18.4 Å². The molecule has 0 atom stereocenters. The van der Waals surface area contributed by atoms with Gasteiger partial charge in [-0.15, -0.1) is 11.3 Å². The topological polar surface area (TPSA) is 22.1 Å². The number of nitrogens with zero attached hydrogens (tertiary/aromatic N) is 1. The van der Waals surface area contributed by atoms with Crippen LogP contribution in [0.1, 0.15) is 6.42 Å². The van der Waals surface area contributed by atoms with Crippen molar-refractivity contribution in [3.8, 4) is 5.75 Å². The normalized spacial score (nSPS) is 10.9. The van der Waals surface area contributed by atoms with Crippen molar-refractivity contribution in [1.82, 2.24) is 4.98 Å². The lowest BCUT2D eigenvalue weighted by atomic mass is 10.3. The number of halogens is 1. The zero-order valence-corrected chi connectivity index (χ0v) is 12.1. The largest absolute Gasteiger partial charge is 0.497 e. The molecule has 0 spiro atoms. The van der Waals surface area contributed by atoms with Crippen LogP contribution in [0.15, 0.2) is 22.5 Å². The molecule has 86 valence electrons. The van der Waals surface area contributed by atoms with Crippen LogP contribution in [-0.4, -0.2) is 23.2 Å². The Morgan fingerprint density at radius 1 is 1.50 bits per heavy atom. The van der Waals surface area contributed by atoms with Gasteiger partial charge in [-0.2, -0.15) is 0 Å². The molecular formula is C11H12BrNOS2. The molecule has 1 heterocycles. The summed E-state index contributed by atoms with van der Waals surface area (Å²) in [5, 5.41) is 1.05. The number of fused-ring (bicyclic) bond motifs is 1. The number of hydrogen-bond acceptors (Lipinski definition) is 4. The predicted molar refractivity (Wildman–Crippen MR) is 75.3 cm³/mol. The number of benzene rings is 1. The first-order valence-electron chi connectivity index (χ1n) is 4.97. The first kappa shape index (κ1) is 12.2. The van der Waals surface area contributed by atoms with Crippen molar-refractivity contribution in [1.29, 1.82) is 0 Å². The summed E-state index contributed by atoms with van der Waals surface area (Å²) in [5.41, 5.74) is 1.03. The number of hydrogen-bond donors (Lipinski definition) is 0. The minimum Gasteiger partial charge on any atom is -0.497 e. The molecular weight excluding hydrogens is 306 g/mol. The lowest BCUT2D eigenvalue weighted by molar-refractivity contribution is 0.415. The minimum atomic E-state index is 0.870. The lowest BCUT2D eigenvalue weighted by Gasteiger charge is -1.96. The van der Waals surface area contributed by atoms with Gasteiger partial charge in [0.05, 0.1) is 17.3 Å². The summed E-state index contributed by atoms with van der Waals surface area (Å²) in [5.74, 6) is 1.98. The molecule has 0 aliphatic rings. The second-order valence-corrected chi connectivity index (χ2v) is 6.37. The Morgan fingerprint density at radius 3 is 3.12 bits per heavy atom. The maximum Gasteiger partial charge on any atom is 0.151 e. The van der Waals surface area contributed by atoms with Crippen molar-refractivity contribution in [3.05, 3.63) is 18.2 Å². The molecule has 2 aromatic rings. The van der Waals surface area contributed by atoms with Crippen LogP contribution in [-0.2, 0) is 0 Å². The Balaban J connectivity index is 2.16. The first-order chi connectivity index (χ1) is 7.83. The van der Waals surface area contributed by atoms with E-state index >= 15 is 0 Å². The first-order valence-corrected chi connectivity index (χ1v) is 7.89. The van der Waals surface area contributed by atoms with Crippen molar-refractivity contribution in [3.63, 3.8) is 0 Å². The molecule has 16 heavy (non-hydrogen) atoms. The molecule has 0 unspecified atom stereocenters. The summed E-state index contributed by atoms with van der Waals surface area (Å²) >= 11 is 7.00. The zero-order valence-electron chi connectivity index (χ0n) is 8.90. The van der Waals surface area contributed by atoms with E-state index in [0.717, 1.165) is 26.7 Å². The Hall–Kier alpha value is -0.260. The summed E-state index contributed by atoms with van der Waals surface area (Å²) in [7, 11) is 1.68. The number of alkyl halides is 1. The fourth-order valence-corrected chi connectivity index (χ4v) is 4.00. The highest BCUT2D eigenvalue weighted by molar-refractivity contribution is 9.09. The van der Waals surface area contributed by atoms with E-state index in [4.69, 9.17) is 4.74 Å². The molecule has 0 saturated heterocycles. The maximum absolute atomic E-state index is 5.18. The molecule has 2 nitrogen and oxygen atoms in total. The smallest absolute Gasteiger partial charge is 0.151 e. The van der Waals surface area contributed by atoms with Gasteiger partial charge >= 0.3 is 0 Å². The van der Waals surface area contributed by atoms with Crippen LogP contribution in [0.3, 0.4) is 0 Å². The quantitative estimate of drug-likeness (QED) is 0.469. The van der Waals surface area contributed by atoms with Crippen LogP contribution in [0.25, 0.3) is 10.2 Å². The van der Waals surface area contributed by atoms with Crippen LogP contribution in [0.2, 0.25) is 0 Å². The summed E-state index contributed by atoms with van der Waals surface area (Å²) in [6.45, 7) is 0. The molecule has 0 aliphatic carbocycles. The summed E-state index contributed by atoms with van der Waals surface area (Å²) < 4.78 is 7.55. The number of thioether (sulfide) groups is 1.